The number of amides is 1. The van der Waals surface area contributed by atoms with Gasteiger partial charge in [0.1, 0.15) is 36.6 Å². The van der Waals surface area contributed by atoms with Gasteiger partial charge in [0, 0.05) is 0 Å². The monoisotopic (exact) mass is 1160 g/mol. The predicted molar refractivity (Wildman–Crippen MR) is 344 cm³/mol. The molecule has 8 N–H and O–H groups in total. The summed E-state index contributed by atoms with van der Waals surface area (Å²) in [5.74, 6) is -0.703. The van der Waals surface area contributed by atoms with E-state index in [-0.39, 0.29) is 12.8 Å². The molecule has 1 fully saturated rings. The molecule has 1 aliphatic heterocycles. The van der Waals surface area contributed by atoms with Crippen molar-refractivity contribution in [2.75, 3.05) is 13.2 Å². The zero-order chi connectivity index (χ0) is 59.6. The number of carbonyl (C=O) groups is 1. The highest BCUT2D eigenvalue weighted by molar-refractivity contribution is 5.80. The highest BCUT2D eigenvalue weighted by Crippen LogP contribution is 2.24. The van der Waals surface area contributed by atoms with Crippen LogP contribution in [0.15, 0.2) is 24.3 Å². The number of aliphatic hydroxyl groups excluding tert-OH is 7. The summed E-state index contributed by atoms with van der Waals surface area (Å²) in [5, 5.41) is 76.5. The van der Waals surface area contributed by atoms with E-state index in [1.165, 1.54) is 270 Å². The van der Waals surface area contributed by atoms with Crippen LogP contribution in [-0.4, -0.2) is 110 Å². The number of rotatable bonds is 63. The Morgan fingerprint density at radius 1 is 0.415 bits per heavy atom. The fourth-order valence-electron chi connectivity index (χ4n) is 11.8. The van der Waals surface area contributed by atoms with Crippen molar-refractivity contribution < 1.29 is 50.0 Å². The molecule has 1 aliphatic rings. The normalized spacial score (nSPS) is 19.2. The van der Waals surface area contributed by atoms with E-state index >= 15 is 0 Å². The second-order valence-electron chi connectivity index (χ2n) is 25.3. The zero-order valence-electron chi connectivity index (χ0n) is 53.8. The van der Waals surface area contributed by atoms with Gasteiger partial charge in [0.15, 0.2) is 6.29 Å². The molecule has 11 heteroatoms. The third kappa shape index (κ3) is 46.8. The quantitative estimate of drug-likeness (QED) is 0.0215. The summed E-state index contributed by atoms with van der Waals surface area (Å²) in [6.07, 6.45) is 64.1. The van der Waals surface area contributed by atoms with Gasteiger partial charge >= 0.3 is 0 Å². The fraction of sp³-hybridized carbons (Fsp3) is 0.930. The largest absolute Gasteiger partial charge is 0.394 e. The van der Waals surface area contributed by atoms with Crippen LogP contribution in [0.5, 0.6) is 0 Å². The Morgan fingerprint density at radius 3 is 1.09 bits per heavy atom. The summed E-state index contributed by atoms with van der Waals surface area (Å²) in [7, 11) is 0. The van der Waals surface area contributed by atoms with Crippen LogP contribution in [0.25, 0.3) is 0 Å². The first-order chi connectivity index (χ1) is 40.2. The fourth-order valence-corrected chi connectivity index (χ4v) is 11.8. The number of aliphatic hydroxyl groups is 7. The van der Waals surface area contributed by atoms with E-state index in [1.54, 1.807) is 0 Å². The molecule has 82 heavy (non-hydrogen) atoms. The van der Waals surface area contributed by atoms with Gasteiger partial charge in [-0.05, 0) is 51.4 Å². The molecule has 1 rings (SSSR count). The number of allylic oxidation sites excluding steroid dienone is 4. The first kappa shape index (κ1) is 78.6. The summed E-state index contributed by atoms with van der Waals surface area (Å²) >= 11 is 0. The number of carbonyl (C=O) groups excluding carboxylic acids is 1. The average molecular weight is 1160 g/mol. The molecule has 0 spiro atoms. The van der Waals surface area contributed by atoms with Gasteiger partial charge < -0.3 is 50.5 Å². The Morgan fingerprint density at radius 2 is 0.732 bits per heavy atom. The lowest BCUT2D eigenvalue weighted by molar-refractivity contribution is -0.303. The van der Waals surface area contributed by atoms with Crippen LogP contribution in [-0.2, 0) is 14.3 Å². The molecule has 486 valence electrons. The minimum Gasteiger partial charge on any atom is -0.394 e. The van der Waals surface area contributed by atoms with E-state index in [0.717, 1.165) is 38.5 Å². The van der Waals surface area contributed by atoms with Crippen molar-refractivity contribution in [1.29, 1.82) is 0 Å². The second kappa shape index (κ2) is 59.9. The minimum absolute atomic E-state index is 0.249. The molecule has 0 saturated carbocycles. The standard InChI is InChI=1S/C71H137NO10/c1-3-5-7-9-11-13-15-17-19-21-23-25-27-29-31-33-34-36-38-40-42-44-46-48-50-52-54-56-58-63(74)66(76)62(61-81-71-69(79)68(78)67(77)65(60-73)82-71)72-70(80)64(75)59-57-55-53-51-49-47-45-43-41-39-37-35-32-30-28-26-24-22-20-18-16-14-12-10-8-6-4-2/h42,44,50,52,62-69,71,73-79H,3-41,43,45-49,51,53-61H2,1-2H3,(H,72,80)/b44-42+,52-50+. The number of hydrogen-bond acceptors (Lipinski definition) is 10. The molecule has 1 heterocycles. The molecule has 0 aliphatic carbocycles. The van der Waals surface area contributed by atoms with Gasteiger partial charge in [0.05, 0.1) is 25.4 Å². The molecule has 0 aromatic heterocycles. The number of nitrogens with one attached hydrogen (secondary N) is 1. The zero-order valence-corrected chi connectivity index (χ0v) is 53.8. The Hall–Kier alpha value is -1.41. The minimum atomic E-state index is -1.67. The summed E-state index contributed by atoms with van der Waals surface area (Å²) in [4.78, 5) is 13.2. The summed E-state index contributed by atoms with van der Waals surface area (Å²) in [5.41, 5.74) is 0. The molecular weight excluding hydrogens is 1030 g/mol. The highest BCUT2D eigenvalue weighted by atomic mass is 16.7. The van der Waals surface area contributed by atoms with Crippen LogP contribution in [0.4, 0.5) is 0 Å². The van der Waals surface area contributed by atoms with Crippen LogP contribution < -0.4 is 5.32 Å². The van der Waals surface area contributed by atoms with Crippen molar-refractivity contribution in [3.63, 3.8) is 0 Å². The first-order valence-corrected chi connectivity index (χ1v) is 35.7. The Kier molecular flexibility index (Phi) is 57.4. The van der Waals surface area contributed by atoms with Crippen LogP contribution in [0.3, 0.4) is 0 Å². The van der Waals surface area contributed by atoms with Gasteiger partial charge in [0.25, 0.3) is 0 Å². The van der Waals surface area contributed by atoms with Crippen molar-refractivity contribution in [3.05, 3.63) is 24.3 Å². The molecule has 9 unspecified atom stereocenters. The summed E-state index contributed by atoms with van der Waals surface area (Å²) in [6, 6.07) is -1.19. The van der Waals surface area contributed by atoms with E-state index < -0.39 is 74.2 Å². The van der Waals surface area contributed by atoms with Gasteiger partial charge in [-0.3, -0.25) is 4.79 Å². The van der Waals surface area contributed by atoms with E-state index in [2.05, 4.69) is 43.5 Å². The van der Waals surface area contributed by atoms with E-state index in [9.17, 15) is 40.5 Å². The summed E-state index contributed by atoms with van der Waals surface area (Å²) < 4.78 is 11.2. The van der Waals surface area contributed by atoms with Gasteiger partial charge in [-0.25, -0.2) is 0 Å². The van der Waals surface area contributed by atoms with Crippen LogP contribution >= 0.6 is 0 Å². The Balaban J connectivity index is 2.22. The molecule has 1 saturated heterocycles. The number of ether oxygens (including phenoxy) is 2. The smallest absolute Gasteiger partial charge is 0.249 e. The molecule has 9 atom stereocenters. The number of hydrogen-bond donors (Lipinski definition) is 8. The third-order valence-corrected chi connectivity index (χ3v) is 17.5. The topological polar surface area (TPSA) is 189 Å². The van der Waals surface area contributed by atoms with Crippen molar-refractivity contribution in [1.82, 2.24) is 5.32 Å². The molecule has 0 aromatic rings. The van der Waals surface area contributed by atoms with Gasteiger partial charge in [0.2, 0.25) is 5.91 Å². The van der Waals surface area contributed by atoms with Crippen molar-refractivity contribution >= 4 is 5.91 Å². The van der Waals surface area contributed by atoms with Gasteiger partial charge in [-0.2, -0.15) is 0 Å². The molecular formula is C71H137NO10. The maximum atomic E-state index is 13.2. The maximum absolute atomic E-state index is 13.2. The van der Waals surface area contributed by atoms with Gasteiger partial charge in [-0.1, -0.05) is 327 Å². The number of unbranched alkanes of at least 4 members (excludes halogenated alkanes) is 47. The van der Waals surface area contributed by atoms with E-state index in [1.807, 2.05) is 0 Å². The Labute approximate surface area is 505 Å². The van der Waals surface area contributed by atoms with Crippen LogP contribution in [0.2, 0.25) is 0 Å². The lowest BCUT2D eigenvalue weighted by Crippen LogP contribution is -2.60. The lowest BCUT2D eigenvalue weighted by Gasteiger charge is -2.40. The van der Waals surface area contributed by atoms with Crippen LogP contribution in [0, 0.1) is 0 Å². The van der Waals surface area contributed by atoms with Crippen molar-refractivity contribution in [2.45, 2.75) is 409 Å². The molecule has 0 bridgehead atoms. The highest BCUT2D eigenvalue weighted by Gasteiger charge is 2.44. The SMILES string of the molecule is CCCCCCCCCCCCCCCCCCCCC/C=C/CC/C=C/CCCC(O)C(O)C(COC1OC(CO)C(O)C(O)C1O)NC(=O)C(O)CCCCCCCCCCCCCCCCCCCCCCCCCCCCC. The average Bonchev–Trinajstić information content (AvgIpc) is 3.53. The third-order valence-electron chi connectivity index (χ3n) is 17.5. The molecule has 0 aromatic carbocycles. The van der Waals surface area contributed by atoms with E-state index in [4.69, 9.17) is 9.47 Å². The van der Waals surface area contributed by atoms with E-state index in [0.29, 0.717) is 19.3 Å². The van der Waals surface area contributed by atoms with Crippen molar-refractivity contribution in [3.8, 4) is 0 Å². The molecule has 1 amide bonds. The first-order valence-electron chi connectivity index (χ1n) is 35.7. The van der Waals surface area contributed by atoms with Gasteiger partial charge in [-0.15, -0.1) is 0 Å². The maximum Gasteiger partial charge on any atom is 0.249 e. The van der Waals surface area contributed by atoms with Crippen molar-refractivity contribution in [2.24, 2.45) is 0 Å². The molecule has 0 radical (unpaired) electrons. The lowest BCUT2D eigenvalue weighted by atomic mass is 9.98. The van der Waals surface area contributed by atoms with Crippen LogP contribution in [0.1, 0.15) is 354 Å². The predicted octanol–water partition coefficient (Wildman–Crippen LogP) is 17.2. The summed E-state index contributed by atoms with van der Waals surface area (Å²) in [6.45, 7) is 3.50. The Bertz CT molecular complexity index is 1380. The second-order valence-corrected chi connectivity index (χ2v) is 25.3. The molecule has 11 nitrogen and oxygen atoms in total.